The molecule has 0 N–H and O–H groups in total. The van der Waals surface area contributed by atoms with E-state index in [0.29, 0.717) is 6.54 Å². The fraction of sp³-hybridized carbons (Fsp3) is 0.105. The van der Waals surface area contributed by atoms with Gasteiger partial charge < -0.3 is 4.74 Å². The highest BCUT2D eigenvalue weighted by Crippen LogP contribution is 2.28. The van der Waals surface area contributed by atoms with E-state index in [1.165, 1.54) is 16.3 Å². The summed E-state index contributed by atoms with van der Waals surface area (Å²) in [6, 6.07) is 24.9. The van der Waals surface area contributed by atoms with Crippen LogP contribution in [0.1, 0.15) is 17.2 Å². The Kier molecular flexibility index (Phi) is 2.93. The molecule has 1 unspecified atom stereocenters. The van der Waals surface area contributed by atoms with Gasteiger partial charge in [-0.25, -0.2) is 4.99 Å². The molecule has 0 saturated heterocycles. The zero-order chi connectivity index (χ0) is 14.1. The summed E-state index contributed by atoms with van der Waals surface area (Å²) in [6.07, 6.45) is 0.0279. The lowest BCUT2D eigenvalue weighted by molar-refractivity contribution is 0.230. The van der Waals surface area contributed by atoms with E-state index in [2.05, 4.69) is 59.6 Å². The molecule has 21 heavy (non-hydrogen) atoms. The van der Waals surface area contributed by atoms with Gasteiger partial charge in [0, 0.05) is 5.56 Å². The van der Waals surface area contributed by atoms with E-state index in [0.717, 1.165) is 11.5 Å². The lowest BCUT2D eigenvalue weighted by atomic mass is 10.0. The van der Waals surface area contributed by atoms with Crippen LogP contribution in [0.15, 0.2) is 77.8 Å². The fourth-order valence-corrected chi connectivity index (χ4v) is 2.78. The Bertz CT molecular complexity index is 803. The Balaban J connectivity index is 1.69. The maximum atomic E-state index is 6.09. The molecule has 0 fully saturated rings. The standard InChI is InChI=1S/C19H15NO/c1-2-8-15(9-3-1)18-13-20-19(21-18)17-12-6-10-14-7-4-5-11-16(14)17/h1-12,18H,13H2. The lowest BCUT2D eigenvalue weighted by Crippen LogP contribution is -2.06. The third-order valence-corrected chi connectivity index (χ3v) is 3.85. The summed E-state index contributed by atoms with van der Waals surface area (Å²) in [5, 5.41) is 2.40. The normalized spacial score (nSPS) is 17.5. The fourth-order valence-electron chi connectivity index (χ4n) is 2.78. The predicted octanol–water partition coefficient (Wildman–Crippen LogP) is 4.36. The minimum Gasteiger partial charge on any atom is -0.467 e. The van der Waals surface area contributed by atoms with Gasteiger partial charge in [0.1, 0.15) is 6.10 Å². The van der Waals surface area contributed by atoms with Gasteiger partial charge in [-0.05, 0) is 22.4 Å². The molecule has 0 saturated carbocycles. The van der Waals surface area contributed by atoms with E-state index in [4.69, 9.17) is 4.74 Å². The largest absolute Gasteiger partial charge is 0.467 e. The molecule has 0 bridgehead atoms. The van der Waals surface area contributed by atoms with Gasteiger partial charge >= 0.3 is 0 Å². The average molecular weight is 273 g/mol. The number of nitrogens with zero attached hydrogens (tertiary/aromatic N) is 1. The molecule has 3 aromatic carbocycles. The Labute approximate surface area is 123 Å². The van der Waals surface area contributed by atoms with E-state index in [1.807, 2.05) is 18.2 Å². The number of ether oxygens (including phenoxy) is 1. The van der Waals surface area contributed by atoms with Gasteiger partial charge in [-0.1, -0.05) is 66.7 Å². The topological polar surface area (TPSA) is 21.6 Å². The molecule has 1 atom stereocenters. The minimum absolute atomic E-state index is 0.0279. The summed E-state index contributed by atoms with van der Waals surface area (Å²) in [6.45, 7) is 0.683. The van der Waals surface area contributed by atoms with Crippen LogP contribution >= 0.6 is 0 Å². The van der Waals surface area contributed by atoms with Crippen LogP contribution in [-0.4, -0.2) is 12.4 Å². The smallest absolute Gasteiger partial charge is 0.217 e. The molecular formula is C19H15NO. The van der Waals surface area contributed by atoms with Crippen molar-refractivity contribution in [1.29, 1.82) is 0 Å². The van der Waals surface area contributed by atoms with Gasteiger partial charge in [0.25, 0.3) is 0 Å². The summed E-state index contributed by atoms with van der Waals surface area (Å²) < 4.78 is 6.09. The maximum Gasteiger partial charge on any atom is 0.217 e. The molecule has 0 amide bonds. The third kappa shape index (κ3) is 2.19. The second-order valence-electron chi connectivity index (χ2n) is 5.19. The minimum atomic E-state index is 0.0279. The molecule has 4 rings (SSSR count). The first kappa shape index (κ1) is 12.2. The number of benzene rings is 3. The molecule has 1 aliphatic heterocycles. The van der Waals surface area contributed by atoms with Crippen molar-refractivity contribution in [3.63, 3.8) is 0 Å². The molecule has 2 nitrogen and oxygen atoms in total. The number of aliphatic imine (C=N–C) groups is 1. The molecule has 0 aromatic heterocycles. The van der Waals surface area contributed by atoms with Crippen molar-refractivity contribution in [3.8, 4) is 0 Å². The van der Waals surface area contributed by atoms with Crippen molar-refractivity contribution in [2.75, 3.05) is 6.54 Å². The Morgan fingerprint density at radius 1 is 0.810 bits per heavy atom. The average Bonchev–Trinajstić information content (AvgIpc) is 3.05. The molecular weight excluding hydrogens is 258 g/mol. The molecule has 0 aliphatic carbocycles. The van der Waals surface area contributed by atoms with E-state index in [9.17, 15) is 0 Å². The van der Waals surface area contributed by atoms with E-state index in [-0.39, 0.29) is 6.10 Å². The first-order valence-corrected chi connectivity index (χ1v) is 7.16. The second-order valence-corrected chi connectivity index (χ2v) is 5.19. The number of hydrogen-bond acceptors (Lipinski definition) is 2. The second kappa shape index (κ2) is 5.06. The van der Waals surface area contributed by atoms with Crippen molar-refractivity contribution in [2.24, 2.45) is 4.99 Å². The van der Waals surface area contributed by atoms with Crippen molar-refractivity contribution in [2.45, 2.75) is 6.10 Å². The molecule has 0 spiro atoms. The van der Waals surface area contributed by atoms with Crippen molar-refractivity contribution in [3.05, 3.63) is 83.9 Å². The lowest BCUT2D eigenvalue weighted by Gasteiger charge is -2.12. The summed E-state index contributed by atoms with van der Waals surface area (Å²) in [7, 11) is 0. The van der Waals surface area contributed by atoms with Crippen molar-refractivity contribution < 1.29 is 4.74 Å². The SMILES string of the molecule is c1ccc(C2CN=C(c3cccc4ccccc34)O2)cc1. The Morgan fingerprint density at radius 3 is 2.48 bits per heavy atom. The van der Waals surface area contributed by atoms with Crippen LogP contribution in [0, 0.1) is 0 Å². The molecule has 3 aromatic rings. The molecule has 0 radical (unpaired) electrons. The highest BCUT2D eigenvalue weighted by atomic mass is 16.5. The van der Waals surface area contributed by atoms with Gasteiger partial charge in [-0.3, -0.25) is 0 Å². The monoisotopic (exact) mass is 273 g/mol. The zero-order valence-electron chi connectivity index (χ0n) is 11.6. The van der Waals surface area contributed by atoms with Crippen LogP contribution in [0.3, 0.4) is 0 Å². The maximum absolute atomic E-state index is 6.09. The van der Waals surface area contributed by atoms with Crippen molar-refractivity contribution in [1.82, 2.24) is 0 Å². The number of fused-ring (bicyclic) bond motifs is 1. The first-order chi connectivity index (χ1) is 10.4. The quantitative estimate of drug-likeness (QED) is 0.680. The van der Waals surface area contributed by atoms with Gasteiger partial charge in [0.2, 0.25) is 5.90 Å². The van der Waals surface area contributed by atoms with Gasteiger partial charge in [-0.15, -0.1) is 0 Å². The molecule has 1 aliphatic rings. The number of hydrogen-bond donors (Lipinski definition) is 0. The summed E-state index contributed by atoms with van der Waals surface area (Å²) in [5.41, 5.74) is 2.25. The third-order valence-electron chi connectivity index (χ3n) is 3.85. The van der Waals surface area contributed by atoms with E-state index < -0.39 is 0 Å². The van der Waals surface area contributed by atoms with E-state index in [1.54, 1.807) is 0 Å². The van der Waals surface area contributed by atoms with Gasteiger partial charge in [0.05, 0.1) is 6.54 Å². The van der Waals surface area contributed by atoms with Gasteiger partial charge in [0.15, 0.2) is 0 Å². The van der Waals surface area contributed by atoms with E-state index >= 15 is 0 Å². The van der Waals surface area contributed by atoms with Crippen LogP contribution in [0.2, 0.25) is 0 Å². The van der Waals surface area contributed by atoms with Crippen LogP contribution in [0.5, 0.6) is 0 Å². The summed E-state index contributed by atoms with van der Waals surface area (Å²) >= 11 is 0. The molecule has 1 heterocycles. The van der Waals surface area contributed by atoms with Crippen LogP contribution in [-0.2, 0) is 4.74 Å². The molecule has 2 heteroatoms. The highest BCUT2D eigenvalue weighted by Gasteiger charge is 2.23. The Morgan fingerprint density at radius 2 is 1.57 bits per heavy atom. The molecule has 102 valence electrons. The van der Waals surface area contributed by atoms with Crippen molar-refractivity contribution >= 4 is 16.7 Å². The summed E-state index contributed by atoms with van der Waals surface area (Å²) in [5.74, 6) is 0.751. The highest BCUT2D eigenvalue weighted by molar-refractivity contribution is 6.07. The van der Waals surface area contributed by atoms with Crippen LogP contribution < -0.4 is 0 Å². The Hall–Kier alpha value is -2.61. The predicted molar refractivity (Wildman–Crippen MR) is 85.6 cm³/mol. The van der Waals surface area contributed by atoms with Crippen LogP contribution in [0.4, 0.5) is 0 Å². The zero-order valence-corrected chi connectivity index (χ0v) is 11.6. The number of rotatable bonds is 2. The van der Waals surface area contributed by atoms with Gasteiger partial charge in [-0.2, -0.15) is 0 Å². The summed E-state index contributed by atoms with van der Waals surface area (Å²) in [4.78, 5) is 4.61. The first-order valence-electron chi connectivity index (χ1n) is 7.16. The van der Waals surface area contributed by atoms with Crippen LogP contribution in [0.25, 0.3) is 10.8 Å².